The summed E-state index contributed by atoms with van der Waals surface area (Å²) in [7, 11) is 0. The van der Waals surface area contributed by atoms with E-state index in [1.54, 1.807) is 55.7 Å². The summed E-state index contributed by atoms with van der Waals surface area (Å²) in [6.45, 7) is 1.78. The Bertz CT molecular complexity index is 1340. The first-order chi connectivity index (χ1) is 16.0. The van der Waals surface area contributed by atoms with Crippen molar-refractivity contribution < 1.29 is 4.79 Å². The molecule has 1 amide bonds. The summed E-state index contributed by atoms with van der Waals surface area (Å²) in [6.07, 6.45) is 3.34. The summed E-state index contributed by atoms with van der Waals surface area (Å²) < 4.78 is 1.83. The molecule has 0 saturated carbocycles. The second-order valence-corrected chi connectivity index (χ2v) is 9.04. The molecule has 4 aromatic rings. The molecule has 0 aliphatic carbocycles. The van der Waals surface area contributed by atoms with Crippen molar-refractivity contribution in [2.45, 2.75) is 17.3 Å². The van der Waals surface area contributed by atoms with Gasteiger partial charge >= 0.3 is 0 Å². The molecule has 164 valence electrons. The van der Waals surface area contributed by atoms with Gasteiger partial charge in [-0.2, -0.15) is 5.26 Å². The number of rotatable bonds is 6. The second kappa shape index (κ2) is 10.0. The van der Waals surface area contributed by atoms with Crippen LogP contribution in [-0.4, -0.2) is 30.9 Å². The molecule has 2 aromatic heterocycles. The number of nitrogens with one attached hydrogen (secondary N) is 1. The maximum absolute atomic E-state index is 12.8. The molecule has 0 fully saturated rings. The molecule has 4 rings (SSSR count). The first-order valence-corrected chi connectivity index (χ1v) is 11.4. The highest BCUT2D eigenvalue weighted by atomic mass is 35.5. The van der Waals surface area contributed by atoms with Crippen LogP contribution in [0.5, 0.6) is 0 Å². The van der Waals surface area contributed by atoms with Crippen molar-refractivity contribution >= 4 is 46.6 Å². The number of carbonyl (C=O) groups is 1. The quantitative estimate of drug-likeness (QED) is 0.349. The molecule has 0 saturated heterocycles. The van der Waals surface area contributed by atoms with E-state index in [0.717, 1.165) is 5.56 Å². The molecule has 1 N–H and O–H groups in total. The van der Waals surface area contributed by atoms with Gasteiger partial charge in [-0.25, -0.2) is 0 Å². The number of thioether (sulfide) groups is 1. The molecule has 0 unspecified atom stereocenters. The SMILES string of the molecule is C[C@H](Sc1nnc(-c2ccncc2)n1-c1ccc(Cl)c(Cl)c1)C(=O)Nc1ccc(C#N)cc1. The van der Waals surface area contributed by atoms with Gasteiger partial charge in [0.25, 0.3) is 0 Å². The Morgan fingerprint density at radius 1 is 1.06 bits per heavy atom. The lowest BCUT2D eigenvalue weighted by molar-refractivity contribution is -0.115. The van der Waals surface area contributed by atoms with Crippen molar-refractivity contribution in [3.05, 3.63) is 82.6 Å². The van der Waals surface area contributed by atoms with E-state index in [9.17, 15) is 4.79 Å². The zero-order valence-electron chi connectivity index (χ0n) is 17.2. The lowest BCUT2D eigenvalue weighted by Crippen LogP contribution is -2.22. The number of hydrogen-bond donors (Lipinski definition) is 1. The first kappa shape index (κ1) is 22.8. The molecular weight excluding hydrogens is 479 g/mol. The van der Waals surface area contributed by atoms with Crippen molar-refractivity contribution in [3.8, 4) is 23.1 Å². The Labute approximate surface area is 204 Å². The minimum atomic E-state index is -0.489. The number of nitriles is 1. The van der Waals surface area contributed by atoms with E-state index < -0.39 is 5.25 Å². The number of hydrogen-bond acceptors (Lipinski definition) is 6. The van der Waals surface area contributed by atoms with E-state index in [1.807, 2.05) is 22.8 Å². The Kier molecular flexibility index (Phi) is 6.94. The van der Waals surface area contributed by atoms with Gasteiger partial charge in [-0.1, -0.05) is 35.0 Å². The normalized spacial score (nSPS) is 11.6. The molecule has 33 heavy (non-hydrogen) atoms. The van der Waals surface area contributed by atoms with Crippen LogP contribution in [0.15, 0.2) is 72.1 Å². The Morgan fingerprint density at radius 2 is 1.79 bits per heavy atom. The van der Waals surface area contributed by atoms with Gasteiger partial charge in [0.1, 0.15) is 0 Å². The standard InChI is InChI=1S/C23H16Cl2N6OS/c1-14(22(32)28-17-4-2-15(13-26)3-5-17)33-23-30-29-21(16-8-10-27-11-9-16)31(23)18-6-7-19(24)20(25)12-18/h2-12,14H,1H3,(H,28,32)/t14-/m0/s1. The van der Waals surface area contributed by atoms with E-state index in [-0.39, 0.29) is 5.91 Å². The number of anilines is 1. The summed E-state index contributed by atoms with van der Waals surface area (Å²) in [5.74, 6) is 0.372. The number of benzene rings is 2. The summed E-state index contributed by atoms with van der Waals surface area (Å²) in [6, 6.07) is 17.6. The van der Waals surface area contributed by atoms with Gasteiger partial charge in [-0.05, 0) is 61.5 Å². The average molecular weight is 495 g/mol. The van der Waals surface area contributed by atoms with Gasteiger partial charge < -0.3 is 5.32 Å². The van der Waals surface area contributed by atoms with Gasteiger partial charge in [0.15, 0.2) is 11.0 Å². The number of pyridine rings is 1. The minimum absolute atomic E-state index is 0.209. The highest BCUT2D eigenvalue weighted by Crippen LogP contribution is 2.33. The molecule has 2 aromatic carbocycles. The van der Waals surface area contributed by atoms with Crippen LogP contribution in [0, 0.1) is 11.3 Å². The van der Waals surface area contributed by atoms with Crippen molar-refractivity contribution in [3.63, 3.8) is 0 Å². The topological polar surface area (TPSA) is 96.5 Å². The minimum Gasteiger partial charge on any atom is -0.325 e. The zero-order chi connectivity index (χ0) is 23.4. The van der Waals surface area contributed by atoms with E-state index in [1.165, 1.54) is 11.8 Å². The van der Waals surface area contributed by atoms with Gasteiger partial charge in [-0.15, -0.1) is 10.2 Å². The second-order valence-electron chi connectivity index (χ2n) is 6.91. The van der Waals surface area contributed by atoms with Crippen LogP contribution in [0.2, 0.25) is 10.0 Å². The van der Waals surface area contributed by atoms with Crippen molar-refractivity contribution in [1.82, 2.24) is 19.7 Å². The fourth-order valence-corrected chi connectivity index (χ4v) is 4.13. The van der Waals surface area contributed by atoms with Gasteiger partial charge in [0.05, 0.1) is 32.6 Å². The number of aromatic nitrogens is 4. The summed E-state index contributed by atoms with van der Waals surface area (Å²) in [5.41, 5.74) is 2.65. The van der Waals surface area contributed by atoms with Gasteiger partial charge in [0.2, 0.25) is 5.91 Å². The molecule has 10 heteroatoms. The lowest BCUT2D eigenvalue weighted by Gasteiger charge is -2.14. The predicted octanol–water partition coefficient (Wildman–Crippen LogP) is 5.63. The highest BCUT2D eigenvalue weighted by molar-refractivity contribution is 8.00. The van der Waals surface area contributed by atoms with E-state index in [0.29, 0.717) is 38.0 Å². The highest BCUT2D eigenvalue weighted by Gasteiger charge is 2.22. The fraction of sp³-hybridized carbons (Fsp3) is 0.0870. The Balaban J connectivity index is 1.64. The van der Waals surface area contributed by atoms with Gasteiger partial charge in [0, 0.05) is 23.6 Å². The molecule has 0 radical (unpaired) electrons. The third kappa shape index (κ3) is 5.17. The molecule has 7 nitrogen and oxygen atoms in total. The fourth-order valence-electron chi connectivity index (χ4n) is 2.97. The largest absolute Gasteiger partial charge is 0.325 e. The Hall–Kier alpha value is -3.38. The van der Waals surface area contributed by atoms with Crippen LogP contribution in [-0.2, 0) is 4.79 Å². The number of halogens is 2. The van der Waals surface area contributed by atoms with Crippen molar-refractivity contribution in [1.29, 1.82) is 5.26 Å². The molecular formula is C23H16Cl2N6OS. The van der Waals surface area contributed by atoms with Crippen LogP contribution in [0.4, 0.5) is 5.69 Å². The molecule has 0 spiro atoms. The maximum atomic E-state index is 12.8. The van der Waals surface area contributed by atoms with Crippen molar-refractivity contribution in [2.24, 2.45) is 0 Å². The van der Waals surface area contributed by atoms with E-state index >= 15 is 0 Å². The summed E-state index contributed by atoms with van der Waals surface area (Å²) in [4.78, 5) is 16.8. The molecule has 0 bridgehead atoms. The monoisotopic (exact) mass is 494 g/mol. The molecule has 0 aliphatic rings. The number of carbonyl (C=O) groups excluding carboxylic acids is 1. The van der Waals surface area contributed by atoms with Crippen LogP contribution in [0.3, 0.4) is 0 Å². The number of amides is 1. The summed E-state index contributed by atoms with van der Waals surface area (Å²) in [5, 5.41) is 21.3. The van der Waals surface area contributed by atoms with Crippen LogP contribution >= 0.6 is 35.0 Å². The third-order valence-electron chi connectivity index (χ3n) is 4.67. The third-order valence-corrected chi connectivity index (χ3v) is 6.45. The first-order valence-electron chi connectivity index (χ1n) is 9.75. The number of nitrogens with zero attached hydrogens (tertiary/aromatic N) is 5. The molecule has 0 aliphatic heterocycles. The van der Waals surface area contributed by atoms with Crippen LogP contribution in [0.25, 0.3) is 17.1 Å². The maximum Gasteiger partial charge on any atom is 0.237 e. The Morgan fingerprint density at radius 3 is 2.45 bits per heavy atom. The van der Waals surface area contributed by atoms with Gasteiger partial charge in [-0.3, -0.25) is 14.3 Å². The van der Waals surface area contributed by atoms with E-state index in [4.69, 9.17) is 28.5 Å². The molecule has 1 atom stereocenters. The van der Waals surface area contributed by atoms with Crippen LogP contribution < -0.4 is 5.32 Å². The molecule has 2 heterocycles. The van der Waals surface area contributed by atoms with Crippen LogP contribution in [0.1, 0.15) is 12.5 Å². The van der Waals surface area contributed by atoms with Crippen molar-refractivity contribution in [2.75, 3.05) is 5.32 Å². The van der Waals surface area contributed by atoms with E-state index in [2.05, 4.69) is 26.6 Å². The average Bonchev–Trinajstić information content (AvgIpc) is 3.25. The summed E-state index contributed by atoms with van der Waals surface area (Å²) >= 11 is 13.6. The predicted molar refractivity (Wildman–Crippen MR) is 130 cm³/mol. The zero-order valence-corrected chi connectivity index (χ0v) is 19.6. The lowest BCUT2D eigenvalue weighted by atomic mass is 10.2. The smallest absolute Gasteiger partial charge is 0.237 e.